The molecule has 0 N–H and O–H groups in total. The maximum Gasteiger partial charge on any atom is 0.141 e. The fraction of sp³-hybridized carbons (Fsp3) is 0.333. The zero-order valence-corrected chi connectivity index (χ0v) is 12.4. The Bertz CT molecular complexity index is 589. The van der Waals surface area contributed by atoms with Gasteiger partial charge in [-0.1, -0.05) is 6.07 Å². The molecule has 0 fully saturated rings. The van der Waals surface area contributed by atoms with Gasteiger partial charge < -0.3 is 4.90 Å². The summed E-state index contributed by atoms with van der Waals surface area (Å²) in [5.74, 6) is 0.582. The van der Waals surface area contributed by atoms with E-state index in [1.54, 1.807) is 0 Å². The zero-order valence-electron chi connectivity index (χ0n) is 11.6. The van der Waals surface area contributed by atoms with E-state index >= 15 is 0 Å². The highest BCUT2D eigenvalue weighted by molar-refractivity contribution is 6.17. The van der Waals surface area contributed by atoms with E-state index in [1.165, 1.54) is 12.3 Å². The van der Waals surface area contributed by atoms with Crippen LogP contribution in [0.5, 0.6) is 0 Å². The van der Waals surface area contributed by atoms with Crippen molar-refractivity contribution in [3.63, 3.8) is 0 Å². The first-order valence-electron chi connectivity index (χ1n) is 6.52. The van der Waals surface area contributed by atoms with Gasteiger partial charge in [-0.15, -0.1) is 11.6 Å². The topological polar surface area (TPSA) is 29.0 Å². The van der Waals surface area contributed by atoms with Crippen LogP contribution in [0.2, 0.25) is 0 Å². The molecule has 0 saturated carbocycles. The largest absolute Gasteiger partial charge is 0.351 e. The van der Waals surface area contributed by atoms with Crippen molar-refractivity contribution in [2.45, 2.75) is 26.3 Å². The average molecular weight is 294 g/mol. The van der Waals surface area contributed by atoms with Crippen molar-refractivity contribution in [2.75, 3.05) is 11.4 Å². The second-order valence-electron chi connectivity index (χ2n) is 4.55. The molecule has 0 bridgehead atoms. The van der Waals surface area contributed by atoms with Crippen molar-refractivity contribution in [1.29, 1.82) is 0 Å². The minimum absolute atomic E-state index is 0.234. The van der Waals surface area contributed by atoms with E-state index in [9.17, 15) is 4.39 Å². The summed E-state index contributed by atoms with van der Waals surface area (Å²) in [7, 11) is 0. The number of hydrogen-bond donors (Lipinski definition) is 0. The number of hydrogen-bond acceptors (Lipinski definition) is 3. The number of rotatable bonds is 5. The third-order valence-electron chi connectivity index (χ3n) is 3.03. The summed E-state index contributed by atoms with van der Waals surface area (Å²) in [5, 5.41) is 0. The van der Waals surface area contributed by atoms with Gasteiger partial charge >= 0.3 is 0 Å². The van der Waals surface area contributed by atoms with E-state index in [2.05, 4.69) is 9.97 Å². The molecular weight excluding hydrogens is 277 g/mol. The van der Waals surface area contributed by atoms with Crippen molar-refractivity contribution < 1.29 is 4.39 Å². The maximum absolute atomic E-state index is 13.2. The monoisotopic (exact) mass is 293 g/mol. The molecule has 5 heteroatoms. The van der Waals surface area contributed by atoms with Crippen LogP contribution in [0.4, 0.5) is 10.2 Å². The van der Waals surface area contributed by atoms with E-state index in [-0.39, 0.29) is 11.7 Å². The Kier molecular flexibility index (Phi) is 4.90. The highest BCUT2D eigenvalue weighted by Gasteiger charge is 2.13. The number of anilines is 1. The number of aryl methyl sites for hydroxylation is 1. The standard InChI is InChI=1S/C15H17ClFN3/c1-3-20(10-14-6-4-5-11(2)19-14)15-12(8-16)7-13(17)9-18-15/h4-7,9H,3,8,10H2,1-2H3. The van der Waals surface area contributed by atoms with Crippen LogP contribution in [0.1, 0.15) is 23.9 Å². The van der Waals surface area contributed by atoms with Gasteiger partial charge in [0.2, 0.25) is 0 Å². The molecular formula is C15H17ClFN3. The fourth-order valence-electron chi connectivity index (χ4n) is 2.08. The van der Waals surface area contributed by atoms with Gasteiger partial charge in [0.05, 0.1) is 24.3 Å². The van der Waals surface area contributed by atoms with Gasteiger partial charge in [0.25, 0.3) is 0 Å². The lowest BCUT2D eigenvalue weighted by Crippen LogP contribution is -2.25. The number of aromatic nitrogens is 2. The Hall–Kier alpha value is -1.68. The third-order valence-corrected chi connectivity index (χ3v) is 3.32. The molecule has 0 radical (unpaired) electrons. The molecule has 2 rings (SSSR count). The van der Waals surface area contributed by atoms with Gasteiger partial charge in [0.15, 0.2) is 0 Å². The van der Waals surface area contributed by atoms with Gasteiger partial charge in [-0.05, 0) is 32.0 Å². The third kappa shape index (κ3) is 3.45. The second kappa shape index (κ2) is 6.66. The van der Waals surface area contributed by atoms with Crippen LogP contribution in [0.3, 0.4) is 0 Å². The van der Waals surface area contributed by atoms with Crippen LogP contribution in [-0.4, -0.2) is 16.5 Å². The Morgan fingerprint density at radius 1 is 1.35 bits per heavy atom. The first-order valence-corrected chi connectivity index (χ1v) is 7.05. The smallest absolute Gasteiger partial charge is 0.141 e. The summed E-state index contributed by atoms with van der Waals surface area (Å²) in [6.45, 7) is 5.36. The van der Waals surface area contributed by atoms with Crippen molar-refractivity contribution in [3.05, 3.63) is 53.2 Å². The van der Waals surface area contributed by atoms with Crippen LogP contribution < -0.4 is 4.90 Å². The van der Waals surface area contributed by atoms with E-state index in [0.29, 0.717) is 17.9 Å². The van der Waals surface area contributed by atoms with Crippen molar-refractivity contribution in [2.24, 2.45) is 0 Å². The van der Waals surface area contributed by atoms with Crippen molar-refractivity contribution in [1.82, 2.24) is 9.97 Å². The molecule has 0 saturated heterocycles. The SMILES string of the molecule is CCN(Cc1cccc(C)n1)c1ncc(F)cc1CCl. The quantitative estimate of drug-likeness (QED) is 0.787. The number of alkyl halides is 1. The minimum Gasteiger partial charge on any atom is -0.351 e. The van der Waals surface area contributed by atoms with Crippen LogP contribution >= 0.6 is 11.6 Å². The van der Waals surface area contributed by atoms with Crippen molar-refractivity contribution in [3.8, 4) is 0 Å². The number of halogens is 2. The highest BCUT2D eigenvalue weighted by atomic mass is 35.5. The molecule has 20 heavy (non-hydrogen) atoms. The predicted octanol–water partition coefficient (Wildman–Crippen LogP) is 3.69. The van der Waals surface area contributed by atoms with E-state index in [0.717, 1.165) is 17.9 Å². The van der Waals surface area contributed by atoms with Crippen LogP contribution in [-0.2, 0) is 12.4 Å². The Labute approximate surface area is 123 Å². The summed E-state index contributed by atoms with van der Waals surface area (Å²) in [4.78, 5) is 10.7. The molecule has 2 aromatic rings. The van der Waals surface area contributed by atoms with E-state index in [4.69, 9.17) is 11.6 Å². The molecule has 0 spiro atoms. The van der Waals surface area contributed by atoms with E-state index in [1.807, 2.05) is 36.9 Å². The Morgan fingerprint density at radius 2 is 2.15 bits per heavy atom. The summed E-state index contributed by atoms with van der Waals surface area (Å²) in [6, 6.07) is 7.34. The average Bonchev–Trinajstić information content (AvgIpc) is 2.45. The normalized spacial score (nSPS) is 10.6. The van der Waals surface area contributed by atoms with Gasteiger partial charge in [0.1, 0.15) is 11.6 Å². The molecule has 106 valence electrons. The van der Waals surface area contributed by atoms with Gasteiger partial charge in [0, 0.05) is 17.8 Å². The predicted molar refractivity (Wildman–Crippen MR) is 79.5 cm³/mol. The molecule has 0 amide bonds. The molecule has 0 unspecified atom stereocenters. The number of pyridine rings is 2. The van der Waals surface area contributed by atoms with Crippen LogP contribution in [0.25, 0.3) is 0 Å². The molecule has 2 heterocycles. The molecule has 0 atom stereocenters. The van der Waals surface area contributed by atoms with Crippen LogP contribution in [0, 0.1) is 12.7 Å². The Balaban J connectivity index is 2.28. The Morgan fingerprint density at radius 3 is 2.80 bits per heavy atom. The van der Waals surface area contributed by atoms with Gasteiger partial charge in [-0.2, -0.15) is 0 Å². The van der Waals surface area contributed by atoms with Crippen LogP contribution in [0.15, 0.2) is 30.5 Å². The minimum atomic E-state index is -0.367. The molecule has 0 aromatic carbocycles. The van der Waals surface area contributed by atoms with Crippen molar-refractivity contribution >= 4 is 17.4 Å². The summed E-state index contributed by atoms with van der Waals surface area (Å²) in [5.41, 5.74) is 2.63. The first-order chi connectivity index (χ1) is 9.63. The second-order valence-corrected chi connectivity index (χ2v) is 4.82. The lowest BCUT2D eigenvalue weighted by molar-refractivity contribution is 0.618. The number of nitrogens with zero attached hydrogens (tertiary/aromatic N) is 3. The summed E-state index contributed by atoms with van der Waals surface area (Å²) < 4.78 is 13.2. The van der Waals surface area contributed by atoms with Gasteiger partial charge in [-0.25, -0.2) is 9.37 Å². The molecule has 0 aliphatic rings. The van der Waals surface area contributed by atoms with Gasteiger partial charge in [-0.3, -0.25) is 4.98 Å². The first kappa shape index (κ1) is 14.7. The summed E-state index contributed by atoms with van der Waals surface area (Å²) >= 11 is 5.88. The lowest BCUT2D eigenvalue weighted by Gasteiger charge is -2.23. The molecule has 0 aliphatic heterocycles. The molecule has 0 aliphatic carbocycles. The molecule has 3 nitrogen and oxygen atoms in total. The maximum atomic E-state index is 13.2. The summed E-state index contributed by atoms with van der Waals surface area (Å²) in [6.07, 6.45) is 1.22. The lowest BCUT2D eigenvalue weighted by atomic mass is 10.2. The van der Waals surface area contributed by atoms with E-state index < -0.39 is 0 Å². The zero-order chi connectivity index (χ0) is 14.5. The molecule has 2 aromatic heterocycles. The fourth-order valence-corrected chi connectivity index (χ4v) is 2.27. The highest BCUT2D eigenvalue weighted by Crippen LogP contribution is 2.21.